The summed E-state index contributed by atoms with van der Waals surface area (Å²) in [5, 5.41) is 3.14. The van der Waals surface area contributed by atoms with Crippen molar-refractivity contribution in [2.45, 2.75) is 46.3 Å². The SMILES string of the molecule is CCOC(=O)C(C[C@H]1CNC[C@H](C)O1)(C(=O)OCC)C(=O)OCC. The van der Waals surface area contributed by atoms with Crippen LogP contribution < -0.4 is 5.32 Å². The van der Waals surface area contributed by atoms with E-state index in [1.807, 2.05) is 6.92 Å². The smallest absolute Gasteiger partial charge is 0.335 e. The zero-order valence-electron chi connectivity index (χ0n) is 14.8. The van der Waals surface area contributed by atoms with Crippen molar-refractivity contribution in [3.05, 3.63) is 0 Å². The molecule has 1 N–H and O–H groups in total. The number of hydrogen-bond acceptors (Lipinski definition) is 8. The number of esters is 3. The van der Waals surface area contributed by atoms with Gasteiger partial charge in [-0.1, -0.05) is 0 Å². The third-order valence-electron chi connectivity index (χ3n) is 3.63. The van der Waals surface area contributed by atoms with Crippen LogP contribution in [0.3, 0.4) is 0 Å². The second-order valence-electron chi connectivity index (χ2n) is 5.50. The van der Waals surface area contributed by atoms with Crippen molar-refractivity contribution in [2.24, 2.45) is 5.41 Å². The van der Waals surface area contributed by atoms with Crippen molar-refractivity contribution >= 4 is 17.9 Å². The highest BCUT2D eigenvalue weighted by molar-refractivity contribution is 6.18. The summed E-state index contributed by atoms with van der Waals surface area (Å²) in [6.45, 7) is 7.80. The maximum atomic E-state index is 12.6. The highest BCUT2D eigenvalue weighted by atomic mass is 16.6. The van der Waals surface area contributed by atoms with Crippen molar-refractivity contribution in [3.63, 3.8) is 0 Å². The van der Waals surface area contributed by atoms with Gasteiger partial charge < -0.3 is 24.3 Å². The molecular formula is C16H27NO7. The minimum atomic E-state index is -2.18. The Labute approximate surface area is 142 Å². The Bertz CT molecular complexity index is 406. The minimum Gasteiger partial charge on any atom is -0.465 e. The molecule has 0 aromatic carbocycles. The number of morpholine rings is 1. The normalized spacial score (nSPS) is 21.0. The lowest BCUT2D eigenvalue weighted by molar-refractivity contribution is -0.188. The standard InChI is InChI=1S/C16H27NO7/c1-5-21-13(18)16(14(19)22-6-2,15(20)23-7-3)8-12-10-17-9-11(4)24-12/h11-12,17H,5-10H2,1-4H3/t11-,12-/m0/s1. The Morgan fingerprint density at radius 2 is 1.42 bits per heavy atom. The van der Waals surface area contributed by atoms with Crippen LogP contribution in [0.5, 0.6) is 0 Å². The first kappa shape index (κ1) is 20.4. The van der Waals surface area contributed by atoms with Gasteiger partial charge in [0.05, 0.1) is 32.0 Å². The predicted octanol–water partition coefficient (Wildman–Crippen LogP) is 0.429. The molecule has 1 rings (SSSR count). The monoisotopic (exact) mass is 345 g/mol. The van der Waals surface area contributed by atoms with Gasteiger partial charge in [0.25, 0.3) is 5.41 Å². The van der Waals surface area contributed by atoms with Crippen molar-refractivity contribution < 1.29 is 33.3 Å². The average Bonchev–Trinajstić information content (AvgIpc) is 2.53. The van der Waals surface area contributed by atoms with E-state index in [1.165, 1.54) is 0 Å². The number of hydrogen-bond donors (Lipinski definition) is 1. The molecule has 0 aromatic rings. The average molecular weight is 345 g/mol. The molecule has 1 heterocycles. The van der Waals surface area contributed by atoms with Crippen LogP contribution in [-0.2, 0) is 33.3 Å². The number of carbonyl (C=O) groups excluding carboxylic acids is 3. The number of rotatable bonds is 8. The van der Waals surface area contributed by atoms with Crippen LogP contribution in [0.15, 0.2) is 0 Å². The second-order valence-corrected chi connectivity index (χ2v) is 5.50. The van der Waals surface area contributed by atoms with E-state index in [0.29, 0.717) is 13.1 Å². The van der Waals surface area contributed by atoms with Crippen LogP contribution in [0.2, 0.25) is 0 Å². The first-order chi connectivity index (χ1) is 11.4. The lowest BCUT2D eigenvalue weighted by Gasteiger charge is -2.34. The van der Waals surface area contributed by atoms with Crippen LogP contribution in [0, 0.1) is 5.41 Å². The van der Waals surface area contributed by atoms with Gasteiger partial charge in [-0.15, -0.1) is 0 Å². The van der Waals surface area contributed by atoms with Gasteiger partial charge in [0.2, 0.25) is 0 Å². The molecule has 8 heteroatoms. The summed E-state index contributed by atoms with van der Waals surface area (Å²) in [7, 11) is 0. The van der Waals surface area contributed by atoms with E-state index in [4.69, 9.17) is 18.9 Å². The fourth-order valence-electron chi connectivity index (χ4n) is 2.60. The summed E-state index contributed by atoms with van der Waals surface area (Å²) < 4.78 is 20.7. The summed E-state index contributed by atoms with van der Waals surface area (Å²) in [4.78, 5) is 37.7. The van der Waals surface area contributed by atoms with Gasteiger partial charge in [-0.05, 0) is 27.7 Å². The molecule has 0 bridgehead atoms. The lowest BCUT2D eigenvalue weighted by atomic mass is 9.81. The Morgan fingerprint density at radius 1 is 0.958 bits per heavy atom. The molecule has 1 aliphatic rings. The third-order valence-corrected chi connectivity index (χ3v) is 3.63. The Balaban J connectivity index is 3.19. The molecule has 0 unspecified atom stereocenters. The second kappa shape index (κ2) is 9.58. The summed E-state index contributed by atoms with van der Waals surface area (Å²) in [6, 6.07) is 0. The summed E-state index contributed by atoms with van der Waals surface area (Å²) in [6.07, 6.45) is -0.819. The van der Waals surface area contributed by atoms with Crippen LogP contribution in [0.25, 0.3) is 0 Å². The van der Waals surface area contributed by atoms with Crippen LogP contribution >= 0.6 is 0 Å². The zero-order valence-corrected chi connectivity index (χ0v) is 14.8. The van der Waals surface area contributed by atoms with Gasteiger partial charge in [-0.25, -0.2) is 0 Å². The van der Waals surface area contributed by atoms with Crippen LogP contribution in [0.1, 0.15) is 34.1 Å². The molecule has 0 saturated carbocycles. The van der Waals surface area contributed by atoms with Gasteiger partial charge in [0.1, 0.15) is 0 Å². The van der Waals surface area contributed by atoms with E-state index in [0.717, 1.165) is 0 Å². The lowest BCUT2D eigenvalue weighted by Crippen LogP contribution is -2.54. The van der Waals surface area contributed by atoms with Gasteiger partial charge in [-0.3, -0.25) is 14.4 Å². The molecule has 2 atom stereocenters. The highest BCUT2D eigenvalue weighted by Crippen LogP contribution is 2.32. The Kier molecular flexibility index (Phi) is 8.14. The first-order valence-electron chi connectivity index (χ1n) is 8.30. The fraction of sp³-hybridized carbons (Fsp3) is 0.812. The minimum absolute atomic E-state index is 0.0274. The highest BCUT2D eigenvalue weighted by Gasteiger charge is 2.58. The van der Waals surface area contributed by atoms with Crippen molar-refractivity contribution in [1.82, 2.24) is 5.32 Å². The molecule has 24 heavy (non-hydrogen) atoms. The van der Waals surface area contributed by atoms with Crippen molar-refractivity contribution in [1.29, 1.82) is 0 Å². The molecule has 0 aliphatic carbocycles. The number of nitrogens with one attached hydrogen (secondary N) is 1. The molecule has 138 valence electrons. The maximum absolute atomic E-state index is 12.6. The number of ether oxygens (including phenoxy) is 4. The predicted molar refractivity (Wildman–Crippen MR) is 84.2 cm³/mol. The van der Waals surface area contributed by atoms with Crippen molar-refractivity contribution in [3.8, 4) is 0 Å². The molecule has 0 amide bonds. The van der Waals surface area contributed by atoms with Gasteiger partial charge in [0.15, 0.2) is 0 Å². The van der Waals surface area contributed by atoms with Gasteiger partial charge >= 0.3 is 17.9 Å². The molecule has 0 spiro atoms. The van der Waals surface area contributed by atoms with Crippen molar-refractivity contribution in [2.75, 3.05) is 32.9 Å². The van der Waals surface area contributed by atoms with E-state index in [1.54, 1.807) is 20.8 Å². The molecule has 0 radical (unpaired) electrons. The first-order valence-corrected chi connectivity index (χ1v) is 8.30. The van der Waals surface area contributed by atoms with Gasteiger partial charge in [0, 0.05) is 19.5 Å². The van der Waals surface area contributed by atoms with Gasteiger partial charge in [-0.2, -0.15) is 0 Å². The van der Waals surface area contributed by atoms with E-state index >= 15 is 0 Å². The van der Waals surface area contributed by atoms with Crippen LogP contribution in [-0.4, -0.2) is 63.0 Å². The molecule has 1 aliphatic heterocycles. The molecular weight excluding hydrogens is 318 g/mol. The van der Waals surface area contributed by atoms with E-state index in [-0.39, 0.29) is 32.3 Å². The number of carbonyl (C=O) groups is 3. The third kappa shape index (κ3) is 4.67. The topological polar surface area (TPSA) is 100 Å². The summed E-state index contributed by atoms with van der Waals surface area (Å²) in [5.41, 5.74) is -2.18. The molecule has 1 saturated heterocycles. The van der Waals surface area contributed by atoms with E-state index in [2.05, 4.69) is 5.32 Å². The molecule has 0 aromatic heterocycles. The largest absolute Gasteiger partial charge is 0.465 e. The van der Waals surface area contributed by atoms with Crippen LogP contribution in [0.4, 0.5) is 0 Å². The maximum Gasteiger partial charge on any atom is 0.335 e. The molecule has 1 fully saturated rings. The zero-order chi connectivity index (χ0) is 18.2. The summed E-state index contributed by atoms with van der Waals surface area (Å²) >= 11 is 0. The Morgan fingerprint density at radius 3 is 1.79 bits per heavy atom. The fourth-order valence-corrected chi connectivity index (χ4v) is 2.60. The Hall–Kier alpha value is -1.67. The van der Waals surface area contributed by atoms with E-state index in [9.17, 15) is 14.4 Å². The molecule has 8 nitrogen and oxygen atoms in total. The quantitative estimate of drug-likeness (QED) is 0.384. The summed E-state index contributed by atoms with van der Waals surface area (Å²) in [5.74, 6) is -2.91. The van der Waals surface area contributed by atoms with E-state index < -0.39 is 29.4 Å².